The Kier molecular flexibility index (Phi) is 3.96. The molecule has 0 aliphatic heterocycles. The molecule has 3 aromatic rings. The van der Waals surface area contributed by atoms with Gasteiger partial charge in [0.25, 0.3) is 0 Å². The predicted molar refractivity (Wildman–Crippen MR) is 88.3 cm³/mol. The Morgan fingerprint density at radius 3 is 2.59 bits per heavy atom. The first-order chi connectivity index (χ1) is 10.6. The van der Waals surface area contributed by atoms with E-state index in [1.54, 1.807) is 12.1 Å². The van der Waals surface area contributed by atoms with Crippen LogP contribution in [0, 0.1) is 5.92 Å². The molecule has 0 fully saturated rings. The zero-order chi connectivity index (χ0) is 15.5. The molecule has 3 rings (SSSR count). The number of ether oxygens (including phenoxy) is 1. The summed E-state index contributed by atoms with van der Waals surface area (Å²) in [4.78, 5) is 12.6. The number of hydrogen-bond donors (Lipinski definition) is 0. The van der Waals surface area contributed by atoms with Crippen LogP contribution in [0.15, 0.2) is 64.0 Å². The largest absolute Gasteiger partial charge is 0.493 e. The highest BCUT2D eigenvalue weighted by Gasteiger charge is 2.10. The lowest BCUT2D eigenvalue weighted by molar-refractivity contribution is 0.271. The summed E-state index contributed by atoms with van der Waals surface area (Å²) in [5, 5.41) is 0.568. The summed E-state index contributed by atoms with van der Waals surface area (Å²) in [7, 11) is 0. The van der Waals surface area contributed by atoms with Crippen LogP contribution >= 0.6 is 0 Å². The van der Waals surface area contributed by atoms with Gasteiger partial charge in [-0.05, 0) is 23.6 Å². The van der Waals surface area contributed by atoms with Crippen molar-refractivity contribution in [1.82, 2.24) is 0 Å². The van der Waals surface area contributed by atoms with Gasteiger partial charge in [-0.2, -0.15) is 0 Å². The van der Waals surface area contributed by atoms with Crippen molar-refractivity contribution in [3.63, 3.8) is 0 Å². The van der Waals surface area contributed by atoms with Crippen molar-refractivity contribution >= 4 is 11.0 Å². The van der Waals surface area contributed by atoms with Crippen LogP contribution in [-0.4, -0.2) is 6.61 Å². The molecule has 1 aromatic heterocycles. The summed E-state index contributed by atoms with van der Waals surface area (Å²) < 4.78 is 11.3. The van der Waals surface area contributed by atoms with Crippen LogP contribution in [0.1, 0.15) is 13.8 Å². The van der Waals surface area contributed by atoms with Crippen LogP contribution in [0.2, 0.25) is 0 Å². The molecule has 0 bridgehead atoms. The van der Waals surface area contributed by atoms with Crippen molar-refractivity contribution in [2.45, 2.75) is 13.8 Å². The highest BCUT2D eigenvalue weighted by molar-refractivity contribution is 5.82. The van der Waals surface area contributed by atoms with Gasteiger partial charge >= 0.3 is 0 Å². The molecule has 0 spiro atoms. The zero-order valence-corrected chi connectivity index (χ0v) is 12.7. The third-order valence-corrected chi connectivity index (χ3v) is 3.41. The van der Waals surface area contributed by atoms with E-state index in [9.17, 15) is 4.79 Å². The van der Waals surface area contributed by atoms with E-state index in [-0.39, 0.29) is 5.43 Å². The fourth-order valence-electron chi connectivity index (χ4n) is 2.28. The van der Waals surface area contributed by atoms with Crippen LogP contribution in [0.25, 0.3) is 22.1 Å². The Morgan fingerprint density at radius 1 is 1.09 bits per heavy atom. The summed E-state index contributed by atoms with van der Waals surface area (Å²) in [5.74, 6) is 1.17. The van der Waals surface area contributed by atoms with Crippen LogP contribution in [0.5, 0.6) is 5.75 Å². The molecule has 0 radical (unpaired) electrons. The minimum atomic E-state index is -0.0251. The maximum absolute atomic E-state index is 12.6. The molecule has 0 saturated heterocycles. The molecule has 112 valence electrons. The molecule has 1 heterocycles. The van der Waals surface area contributed by atoms with Crippen molar-refractivity contribution < 1.29 is 9.15 Å². The number of fused-ring (bicyclic) bond motifs is 1. The second-order valence-electron chi connectivity index (χ2n) is 5.71. The fraction of sp³-hybridized carbons (Fsp3) is 0.211. The lowest BCUT2D eigenvalue weighted by atomic mass is 10.1. The van der Waals surface area contributed by atoms with E-state index in [4.69, 9.17) is 9.15 Å². The Morgan fingerprint density at radius 2 is 1.86 bits per heavy atom. The van der Waals surface area contributed by atoms with Gasteiger partial charge in [0.05, 0.1) is 17.6 Å². The summed E-state index contributed by atoms with van der Waals surface area (Å²) in [6, 6.07) is 14.9. The van der Waals surface area contributed by atoms with Gasteiger partial charge in [-0.15, -0.1) is 0 Å². The van der Waals surface area contributed by atoms with Crippen LogP contribution < -0.4 is 10.2 Å². The van der Waals surface area contributed by atoms with E-state index < -0.39 is 0 Å². The van der Waals surface area contributed by atoms with Gasteiger partial charge < -0.3 is 9.15 Å². The first-order valence-electron chi connectivity index (χ1n) is 7.39. The maximum Gasteiger partial charge on any atom is 0.200 e. The normalized spacial score (nSPS) is 11.0. The highest BCUT2D eigenvalue weighted by atomic mass is 16.5. The molecule has 0 aliphatic carbocycles. The first-order valence-corrected chi connectivity index (χ1v) is 7.39. The van der Waals surface area contributed by atoms with Crippen molar-refractivity contribution in [2.75, 3.05) is 6.61 Å². The molecule has 0 amide bonds. The van der Waals surface area contributed by atoms with E-state index in [0.29, 0.717) is 29.1 Å². The van der Waals surface area contributed by atoms with Crippen LogP contribution in [0.4, 0.5) is 0 Å². The quantitative estimate of drug-likeness (QED) is 0.711. The van der Waals surface area contributed by atoms with E-state index in [1.807, 2.05) is 36.4 Å². The molecule has 2 aromatic carbocycles. The molecule has 3 nitrogen and oxygen atoms in total. The second kappa shape index (κ2) is 6.06. The van der Waals surface area contributed by atoms with Gasteiger partial charge in [0.2, 0.25) is 0 Å². The third kappa shape index (κ3) is 2.89. The molecular weight excluding hydrogens is 276 g/mol. The first kappa shape index (κ1) is 14.4. The molecule has 0 atom stereocenters. The Hall–Kier alpha value is -2.55. The summed E-state index contributed by atoms with van der Waals surface area (Å²) >= 11 is 0. The lowest BCUT2D eigenvalue weighted by Gasteiger charge is -2.09. The number of benzene rings is 2. The average Bonchev–Trinajstić information content (AvgIpc) is 2.54. The summed E-state index contributed by atoms with van der Waals surface area (Å²) in [6.45, 7) is 4.82. The van der Waals surface area contributed by atoms with Crippen molar-refractivity contribution in [3.05, 3.63) is 65.0 Å². The van der Waals surface area contributed by atoms with E-state index in [2.05, 4.69) is 13.8 Å². The topological polar surface area (TPSA) is 39.4 Å². The van der Waals surface area contributed by atoms with Gasteiger partial charge in [-0.1, -0.05) is 44.2 Å². The molecule has 0 saturated carbocycles. The fourth-order valence-corrected chi connectivity index (χ4v) is 2.28. The van der Waals surface area contributed by atoms with Gasteiger partial charge in [0.1, 0.15) is 17.6 Å². The van der Waals surface area contributed by atoms with E-state index in [0.717, 1.165) is 11.3 Å². The van der Waals surface area contributed by atoms with E-state index >= 15 is 0 Å². The second-order valence-corrected chi connectivity index (χ2v) is 5.71. The Bertz CT molecular complexity index is 832. The SMILES string of the molecule is CC(C)COc1ccc2c(=O)c(-c3ccccc3)coc2c1. The molecular formula is C19H18O3. The predicted octanol–water partition coefficient (Wildman–Crippen LogP) is 4.49. The van der Waals surface area contributed by atoms with Gasteiger partial charge in [-0.25, -0.2) is 0 Å². The standard InChI is InChI=1S/C19H18O3/c1-13(2)11-21-15-8-9-16-18(10-15)22-12-17(19(16)20)14-6-4-3-5-7-14/h3-10,12-13H,11H2,1-2H3. The van der Waals surface area contributed by atoms with Crippen LogP contribution in [0.3, 0.4) is 0 Å². The summed E-state index contributed by atoms with van der Waals surface area (Å²) in [6.07, 6.45) is 1.52. The number of hydrogen-bond acceptors (Lipinski definition) is 3. The zero-order valence-electron chi connectivity index (χ0n) is 12.7. The highest BCUT2D eigenvalue weighted by Crippen LogP contribution is 2.23. The number of rotatable bonds is 4. The van der Waals surface area contributed by atoms with Crippen molar-refractivity contribution in [3.8, 4) is 16.9 Å². The van der Waals surface area contributed by atoms with Gasteiger partial charge in [0, 0.05) is 6.07 Å². The van der Waals surface area contributed by atoms with Gasteiger partial charge in [-0.3, -0.25) is 4.79 Å². The Balaban J connectivity index is 2.02. The van der Waals surface area contributed by atoms with E-state index in [1.165, 1.54) is 6.26 Å². The molecule has 0 unspecified atom stereocenters. The summed E-state index contributed by atoms with van der Waals surface area (Å²) in [5.41, 5.74) is 1.95. The average molecular weight is 294 g/mol. The van der Waals surface area contributed by atoms with Crippen LogP contribution in [-0.2, 0) is 0 Å². The maximum atomic E-state index is 12.6. The molecule has 0 N–H and O–H groups in total. The Labute approximate surface area is 129 Å². The third-order valence-electron chi connectivity index (χ3n) is 3.41. The smallest absolute Gasteiger partial charge is 0.200 e. The molecule has 22 heavy (non-hydrogen) atoms. The minimum Gasteiger partial charge on any atom is -0.493 e. The molecule has 0 aliphatic rings. The van der Waals surface area contributed by atoms with Crippen molar-refractivity contribution in [2.24, 2.45) is 5.92 Å². The monoisotopic (exact) mass is 294 g/mol. The van der Waals surface area contributed by atoms with Gasteiger partial charge in [0.15, 0.2) is 5.43 Å². The van der Waals surface area contributed by atoms with Crippen molar-refractivity contribution in [1.29, 1.82) is 0 Å². The molecule has 3 heteroatoms. The minimum absolute atomic E-state index is 0.0251. The lowest BCUT2D eigenvalue weighted by Crippen LogP contribution is -2.06.